The summed E-state index contributed by atoms with van der Waals surface area (Å²) in [4.78, 5) is 22.4. The molecule has 1 saturated carbocycles. The predicted octanol–water partition coefficient (Wildman–Crippen LogP) is 4.13. The maximum absolute atomic E-state index is 12.7. The lowest BCUT2D eigenvalue weighted by molar-refractivity contribution is 0.251. The van der Waals surface area contributed by atoms with E-state index in [2.05, 4.69) is 65.1 Å². The maximum atomic E-state index is 12.7. The third kappa shape index (κ3) is 5.87. The van der Waals surface area contributed by atoms with Gasteiger partial charge in [-0.3, -0.25) is 9.69 Å². The Balaban J connectivity index is 0.00000158. The summed E-state index contributed by atoms with van der Waals surface area (Å²) >= 11 is 0. The third-order valence-electron chi connectivity index (χ3n) is 6.34. The number of hydrogen-bond acceptors (Lipinski definition) is 5. The number of rotatable bonds is 6. The SMILES string of the molecule is C#C.CC(C)CN1Cc2ccc(N=C(N)c3c(N[C@H]4CCCCC4C#N)cc[nH]c3=O)cc2C1. The van der Waals surface area contributed by atoms with Crippen molar-refractivity contribution in [3.8, 4) is 18.9 Å². The molecular weight excluding hydrogens is 424 g/mol. The number of benzene rings is 1. The Morgan fingerprint density at radius 1 is 1.26 bits per heavy atom. The molecule has 4 rings (SSSR count). The number of amidine groups is 1. The van der Waals surface area contributed by atoms with Crippen LogP contribution in [0.15, 0.2) is 40.2 Å². The van der Waals surface area contributed by atoms with Gasteiger partial charge in [0.2, 0.25) is 0 Å². The van der Waals surface area contributed by atoms with E-state index >= 15 is 0 Å². The standard InChI is InChI=1S/C25H32N6O.C2H2/c1-16(2)13-31-14-18-7-8-20(11-19(18)15-31)29-24(27)23-22(9-10-28-25(23)32)30-21-6-4-3-5-17(21)12-26;1-2/h7-11,16-17,21H,3-6,13-15H2,1-2H3,(H2,27,29)(H2,28,30,32);1-2H/t17?,21-;/m0./s1. The zero-order valence-electron chi connectivity index (χ0n) is 20.1. The first kappa shape index (κ1) is 25.1. The fraction of sp³-hybridized carbons (Fsp3) is 0.444. The van der Waals surface area contributed by atoms with E-state index in [1.54, 1.807) is 12.3 Å². The molecule has 1 aliphatic carbocycles. The molecule has 2 aromatic rings. The predicted molar refractivity (Wildman–Crippen MR) is 138 cm³/mol. The highest BCUT2D eigenvalue weighted by Crippen LogP contribution is 2.29. The van der Waals surface area contributed by atoms with Gasteiger partial charge in [-0.1, -0.05) is 32.8 Å². The summed E-state index contributed by atoms with van der Waals surface area (Å²) in [5.74, 6) is 0.730. The van der Waals surface area contributed by atoms with E-state index in [1.807, 2.05) is 6.07 Å². The number of anilines is 1. The number of aliphatic imine (C=N–C) groups is 1. The number of nitrogens with two attached hydrogens (primary N) is 1. The van der Waals surface area contributed by atoms with Crippen LogP contribution in [0, 0.1) is 36.0 Å². The molecule has 4 N–H and O–H groups in total. The number of terminal acetylenes is 1. The summed E-state index contributed by atoms with van der Waals surface area (Å²) < 4.78 is 0. The number of fused-ring (bicyclic) bond motifs is 1. The van der Waals surface area contributed by atoms with Gasteiger partial charge in [0.15, 0.2) is 0 Å². The molecule has 2 atom stereocenters. The lowest BCUT2D eigenvalue weighted by atomic mass is 9.85. The smallest absolute Gasteiger partial charge is 0.261 e. The molecule has 178 valence electrons. The molecule has 2 heterocycles. The normalized spacial score (nSPS) is 20.2. The molecule has 7 heteroatoms. The number of nitrogens with one attached hydrogen (secondary N) is 2. The van der Waals surface area contributed by atoms with E-state index in [9.17, 15) is 10.1 Å². The minimum atomic E-state index is -0.287. The van der Waals surface area contributed by atoms with Crippen LogP contribution < -0.4 is 16.6 Å². The van der Waals surface area contributed by atoms with Crippen LogP contribution >= 0.6 is 0 Å². The lowest BCUT2D eigenvalue weighted by Crippen LogP contribution is -2.34. The van der Waals surface area contributed by atoms with Crippen LogP contribution in [0.2, 0.25) is 0 Å². The molecule has 0 bridgehead atoms. The van der Waals surface area contributed by atoms with Crippen LogP contribution in [0.3, 0.4) is 0 Å². The van der Waals surface area contributed by atoms with Gasteiger partial charge in [0.25, 0.3) is 5.56 Å². The summed E-state index contributed by atoms with van der Waals surface area (Å²) in [5.41, 5.74) is 10.4. The Hall–Kier alpha value is -3.55. The van der Waals surface area contributed by atoms with E-state index in [4.69, 9.17) is 5.73 Å². The number of nitrogens with zero attached hydrogens (tertiary/aromatic N) is 3. The van der Waals surface area contributed by atoms with Crippen LogP contribution in [0.25, 0.3) is 0 Å². The highest BCUT2D eigenvalue weighted by Gasteiger charge is 2.26. The molecule has 1 aliphatic heterocycles. The summed E-state index contributed by atoms with van der Waals surface area (Å²) in [6, 6.07) is 10.3. The van der Waals surface area contributed by atoms with E-state index in [-0.39, 0.29) is 23.4 Å². The fourth-order valence-corrected chi connectivity index (χ4v) is 4.87. The molecular formula is C27H34N6O. The van der Waals surface area contributed by atoms with E-state index in [0.717, 1.165) is 51.0 Å². The third-order valence-corrected chi connectivity index (χ3v) is 6.34. The lowest BCUT2D eigenvalue weighted by Gasteiger charge is -2.29. The van der Waals surface area contributed by atoms with Gasteiger partial charge in [0.1, 0.15) is 11.4 Å². The summed E-state index contributed by atoms with van der Waals surface area (Å²) in [5, 5.41) is 12.9. The second-order valence-corrected chi connectivity index (χ2v) is 9.38. The Bertz CT molecular complexity index is 1140. The maximum Gasteiger partial charge on any atom is 0.261 e. The minimum Gasteiger partial charge on any atom is -0.383 e. The van der Waals surface area contributed by atoms with E-state index in [1.165, 1.54) is 11.1 Å². The van der Waals surface area contributed by atoms with Crippen molar-refractivity contribution in [3.63, 3.8) is 0 Å². The van der Waals surface area contributed by atoms with Gasteiger partial charge in [0.05, 0.1) is 23.4 Å². The van der Waals surface area contributed by atoms with Gasteiger partial charge in [-0.05, 0) is 48.1 Å². The van der Waals surface area contributed by atoms with Crippen molar-refractivity contribution < 1.29 is 0 Å². The van der Waals surface area contributed by atoms with Gasteiger partial charge in [0, 0.05) is 31.9 Å². The van der Waals surface area contributed by atoms with Gasteiger partial charge in [-0.2, -0.15) is 5.26 Å². The van der Waals surface area contributed by atoms with Gasteiger partial charge < -0.3 is 16.0 Å². The molecule has 1 fully saturated rings. The first-order valence-electron chi connectivity index (χ1n) is 11.8. The number of nitriles is 1. The molecule has 0 amide bonds. The summed E-state index contributed by atoms with van der Waals surface area (Å²) in [6.45, 7) is 7.39. The monoisotopic (exact) mass is 458 g/mol. The van der Waals surface area contributed by atoms with Crippen molar-refractivity contribution in [1.29, 1.82) is 5.26 Å². The Labute approximate surface area is 202 Å². The molecule has 1 aromatic carbocycles. The van der Waals surface area contributed by atoms with Crippen molar-refractivity contribution >= 4 is 17.2 Å². The van der Waals surface area contributed by atoms with Crippen LogP contribution in [-0.2, 0) is 13.1 Å². The van der Waals surface area contributed by atoms with Crippen LogP contribution in [0.5, 0.6) is 0 Å². The first-order valence-corrected chi connectivity index (χ1v) is 11.8. The number of aromatic nitrogens is 1. The fourth-order valence-electron chi connectivity index (χ4n) is 4.87. The molecule has 2 aliphatic rings. The second-order valence-electron chi connectivity index (χ2n) is 9.38. The first-order chi connectivity index (χ1) is 16.4. The Morgan fingerprint density at radius 2 is 2.00 bits per heavy atom. The number of H-pyrrole nitrogens is 1. The largest absolute Gasteiger partial charge is 0.383 e. The number of aromatic amines is 1. The Morgan fingerprint density at radius 3 is 2.74 bits per heavy atom. The van der Waals surface area contributed by atoms with Crippen molar-refractivity contribution in [2.45, 2.75) is 58.7 Å². The van der Waals surface area contributed by atoms with Crippen LogP contribution in [0.4, 0.5) is 11.4 Å². The molecule has 0 saturated heterocycles. The average molecular weight is 459 g/mol. The van der Waals surface area contributed by atoms with E-state index < -0.39 is 0 Å². The molecule has 0 radical (unpaired) electrons. The highest BCUT2D eigenvalue weighted by atomic mass is 16.1. The number of pyridine rings is 1. The Kier molecular flexibility index (Phi) is 8.51. The van der Waals surface area contributed by atoms with Crippen molar-refractivity contribution in [2.24, 2.45) is 22.6 Å². The van der Waals surface area contributed by atoms with Crippen molar-refractivity contribution in [3.05, 3.63) is 57.5 Å². The van der Waals surface area contributed by atoms with Crippen LogP contribution in [0.1, 0.15) is 56.2 Å². The van der Waals surface area contributed by atoms with E-state index in [0.29, 0.717) is 17.2 Å². The van der Waals surface area contributed by atoms with Crippen LogP contribution in [-0.4, -0.2) is 28.3 Å². The van der Waals surface area contributed by atoms with Gasteiger partial charge >= 0.3 is 0 Å². The minimum absolute atomic E-state index is 0.00837. The number of hydrogen-bond donors (Lipinski definition) is 3. The highest BCUT2D eigenvalue weighted by molar-refractivity contribution is 6.03. The molecule has 0 spiro atoms. The van der Waals surface area contributed by atoms with Gasteiger partial charge in [-0.15, -0.1) is 12.8 Å². The second kappa shape index (κ2) is 11.5. The van der Waals surface area contributed by atoms with Crippen molar-refractivity contribution in [2.75, 3.05) is 11.9 Å². The topological polar surface area (TPSA) is 110 Å². The molecule has 1 unspecified atom stereocenters. The summed E-state index contributed by atoms with van der Waals surface area (Å²) in [6.07, 6.45) is 13.5. The zero-order valence-corrected chi connectivity index (χ0v) is 20.1. The quantitative estimate of drug-likeness (QED) is 0.342. The molecule has 1 aromatic heterocycles. The average Bonchev–Trinajstić information content (AvgIpc) is 3.21. The molecule has 34 heavy (non-hydrogen) atoms. The zero-order chi connectivity index (χ0) is 24.7. The van der Waals surface area contributed by atoms with Crippen molar-refractivity contribution in [1.82, 2.24) is 9.88 Å². The van der Waals surface area contributed by atoms with Gasteiger partial charge in [-0.25, -0.2) is 4.99 Å². The molecule has 7 nitrogen and oxygen atoms in total. The summed E-state index contributed by atoms with van der Waals surface area (Å²) in [7, 11) is 0.